The normalized spacial score (nSPS) is 25.0. The molecule has 53 heavy (non-hydrogen) atoms. The summed E-state index contributed by atoms with van der Waals surface area (Å²) in [6.45, 7) is 6.07. The summed E-state index contributed by atoms with van der Waals surface area (Å²) >= 11 is 3.62. The third kappa shape index (κ3) is 6.00. The number of amides is 3. The molecule has 0 radical (unpaired) electrons. The van der Waals surface area contributed by atoms with Gasteiger partial charge in [0.05, 0.1) is 43.1 Å². The van der Waals surface area contributed by atoms with Crippen LogP contribution in [0.1, 0.15) is 35.6 Å². The Balaban J connectivity index is 1.09. The number of aliphatic hydroxyl groups excluding tert-OH is 1. The Morgan fingerprint density at radius 2 is 1.68 bits per heavy atom. The Kier molecular flexibility index (Phi) is 9.09. The van der Waals surface area contributed by atoms with Gasteiger partial charge >= 0.3 is 0 Å². The molecule has 2 N–H and O–H groups in total. The van der Waals surface area contributed by atoms with Crippen molar-refractivity contribution < 1.29 is 33.8 Å². The van der Waals surface area contributed by atoms with Crippen molar-refractivity contribution in [2.75, 3.05) is 23.0 Å². The van der Waals surface area contributed by atoms with Gasteiger partial charge in [-0.1, -0.05) is 71.4 Å². The Morgan fingerprint density at radius 3 is 2.42 bits per heavy atom. The fourth-order valence-corrected chi connectivity index (χ4v) is 12.0. The Bertz CT molecular complexity index is 2110. The molecule has 4 aromatic rings. The van der Waals surface area contributed by atoms with E-state index in [1.54, 1.807) is 14.7 Å². The second-order valence-corrected chi connectivity index (χ2v) is 20.0. The van der Waals surface area contributed by atoms with Gasteiger partial charge in [-0.2, -0.15) is 0 Å². The highest BCUT2D eigenvalue weighted by Crippen LogP contribution is 2.60. The number of ether oxygens (including phenoxy) is 2. The number of fused-ring (bicyclic) bond motifs is 4. The number of nitrogens with zero attached hydrogens (tertiary/aromatic N) is 3. The van der Waals surface area contributed by atoms with Crippen LogP contribution in [0, 0.1) is 5.92 Å². The summed E-state index contributed by atoms with van der Waals surface area (Å²) in [7, 11) is -3.03. The summed E-state index contributed by atoms with van der Waals surface area (Å²) in [6, 6.07) is 28.3. The average Bonchev–Trinajstić information content (AvgIpc) is 3.56. The van der Waals surface area contributed by atoms with E-state index in [1.807, 2.05) is 111 Å². The van der Waals surface area contributed by atoms with Crippen LogP contribution in [0.25, 0.3) is 0 Å². The first kappa shape index (κ1) is 35.7. The molecule has 1 spiro atoms. The van der Waals surface area contributed by atoms with Gasteiger partial charge in [-0.15, -0.1) is 0 Å². The van der Waals surface area contributed by atoms with Crippen LogP contribution in [0.2, 0.25) is 18.6 Å². The summed E-state index contributed by atoms with van der Waals surface area (Å²) in [5.41, 5.74) is 3.96. The van der Waals surface area contributed by atoms with Crippen molar-refractivity contribution >= 4 is 59.0 Å². The Hall–Kier alpha value is -4.33. The van der Waals surface area contributed by atoms with Crippen molar-refractivity contribution in [3.8, 4) is 5.75 Å². The lowest BCUT2D eigenvalue weighted by atomic mass is 9.82. The fraction of sp³-hybridized carbons (Fsp3) is 0.341. The van der Waals surface area contributed by atoms with Gasteiger partial charge in [-0.3, -0.25) is 19.3 Å². The van der Waals surface area contributed by atoms with Gasteiger partial charge in [0, 0.05) is 33.7 Å². The first-order valence-corrected chi connectivity index (χ1v) is 21.9. The predicted molar refractivity (Wildman–Crippen MR) is 206 cm³/mol. The molecule has 10 nitrogen and oxygen atoms in total. The highest BCUT2D eigenvalue weighted by atomic mass is 79.9. The summed E-state index contributed by atoms with van der Waals surface area (Å²) in [5.74, 6) is -0.385. The minimum Gasteiger partial charge on any atom is -0.482 e. The summed E-state index contributed by atoms with van der Waals surface area (Å²) in [6.07, 6.45) is -0.183. The minimum atomic E-state index is -3.03. The molecule has 0 bridgehead atoms. The van der Waals surface area contributed by atoms with Crippen molar-refractivity contribution in [2.45, 2.75) is 69.2 Å². The first-order chi connectivity index (χ1) is 25.4. The molecule has 5 atom stereocenters. The Labute approximate surface area is 318 Å². The van der Waals surface area contributed by atoms with Crippen LogP contribution in [0.4, 0.5) is 17.1 Å². The van der Waals surface area contributed by atoms with Crippen LogP contribution < -0.4 is 14.5 Å². The Morgan fingerprint density at radius 1 is 0.962 bits per heavy atom. The average molecular weight is 797 g/mol. The zero-order valence-electron chi connectivity index (χ0n) is 29.9. The molecule has 4 aliphatic heterocycles. The van der Waals surface area contributed by atoms with Crippen LogP contribution in [-0.4, -0.2) is 66.2 Å². The van der Waals surface area contributed by atoms with Crippen LogP contribution in [0.3, 0.4) is 0 Å². The quantitative estimate of drug-likeness (QED) is 0.214. The third-order valence-corrected chi connectivity index (χ3v) is 14.4. The van der Waals surface area contributed by atoms with Gasteiger partial charge in [-0.05, 0) is 78.7 Å². The molecule has 0 aliphatic carbocycles. The second kappa shape index (κ2) is 13.5. The minimum absolute atomic E-state index is 0.0200. The molecular weight excluding hydrogens is 754 g/mol. The number of para-hydroxylation sites is 2. The van der Waals surface area contributed by atoms with E-state index in [-0.39, 0.29) is 49.9 Å². The summed E-state index contributed by atoms with van der Waals surface area (Å²) in [5, 5.41) is 10.3. The molecule has 4 aliphatic rings. The summed E-state index contributed by atoms with van der Waals surface area (Å²) < 4.78 is 13.4. The molecule has 1 saturated heterocycles. The third-order valence-electron chi connectivity index (χ3n) is 11.5. The van der Waals surface area contributed by atoms with Crippen LogP contribution in [-0.2, 0) is 44.2 Å². The number of benzene rings is 4. The van der Waals surface area contributed by atoms with Crippen molar-refractivity contribution in [3.05, 3.63) is 118 Å². The SMILES string of the molecule is C[C@H]1[C@H]([Si](C)(C)O)[C@@H](CC(=O)N2Cc3ccccc3C[C@H]2CO)O[C@]12C(=O)N(Cc1ccc(N3C(=O)COc4ccccc43)cc1)c1ccc(Br)cc12. The van der Waals surface area contributed by atoms with E-state index in [0.29, 0.717) is 41.3 Å². The van der Waals surface area contributed by atoms with Gasteiger partial charge in [0.15, 0.2) is 20.5 Å². The molecule has 8 rings (SSSR count). The number of rotatable bonds is 7. The van der Waals surface area contributed by atoms with Crippen molar-refractivity contribution in [1.82, 2.24) is 4.90 Å². The smallest absolute Gasteiger partial charge is 0.269 e. The van der Waals surface area contributed by atoms with Gasteiger partial charge in [0.2, 0.25) is 5.91 Å². The van der Waals surface area contributed by atoms with Crippen LogP contribution >= 0.6 is 15.9 Å². The standard InChI is InChI=1S/C41H42BrN3O7Si/c1-25-39(53(2,3)50)36(20-37(47)43-22-28-9-5-4-8-27(28)18-31(43)23-46)52-41(25)32-19-29(42)14-17-33(32)44(40(41)49)21-26-12-15-30(16-13-26)45-34-10-6-7-11-35(34)51-24-38(45)48/h4-17,19,25,31,36,39,46,50H,18,20-24H2,1-3H3/t25-,31-,36+,39-,41+/m0/s1. The van der Waals surface area contributed by atoms with Crippen LogP contribution in [0.5, 0.6) is 5.75 Å². The van der Waals surface area contributed by atoms with Crippen molar-refractivity contribution in [2.24, 2.45) is 5.92 Å². The molecule has 0 saturated carbocycles. The lowest BCUT2D eigenvalue weighted by Gasteiger charge is -2.37. The highest BCUT2D eigenvalue weighted by molar-refractivity contribution is 9.10. The molecule has 0 unspecified atom stereocenters. The van der Waals surface area contributed by atoms with Gasteiger partial charge in [0.25, 0.3) is 11.8 Å². The number of halogens is 1. The molecular formula is C41H42BrN3O7Si. The monoisotopic (exact) mass is 795 g/mol. The highest BCUT2D eigenvalue weighted by Gasteiger charge is 2.66. The summed E-state index contributed by atoms with van der Waals surface area (Å²) in [4.78, 5) is 59.0. The molecule has 274 valence electrons. The molecule has 0 aromatic heterocycles. The van der Waals surface area contributed by atoms with E-state index in [2.05, 4.69) is 15.9 Å². The maximum Gasteiger partial charge on any atom is 0.269 e. The number of aliphatic hydroxyl groups is 1. The maximum absolute atomic E-state index is 15.0. The number of hydrogen-bond donors (Lipinski definition) is 2. The fourth-order valence-electron chi connectivity index (χ4n) is 9.06. The van der Waals surface area contributed by atoms with E-state index >= 15 is 0 Å². The van der Waals surface area contributed by atoms with E-state index < -0.39 is 31.5 Å². The van der Waals surface area contributed by atoms with E-state index in [4.69, 9.17) is 9.47 Å². The second-order valence-electron chi connectivity index (χ2n) is 15.1. The van der Waals surface area contributed by atoms with E-state index in [9.17, 15) is 24.3 Å². The maximum atomic E-state index is 15.0. The lowest BCUT2D eigenvalue weighted by Crippen LogP contribution is -2.48. The number of carbonyl (C=O) groups excluding carboxylic acids is 3. The molecule has 12 heteroatoms. The largest absolute Gasteiger partial charge is 0.482 e. The number of carbonyl (C=O) groups is 3. The van der Waals surface area contributed by atoms with E-state index in [1.165, 1.54) is 0 Å². The zero-order chi connectivity index (χ0) is 37.2. The number of anilines is 3. The van der Waals surface area contributed by atoms with Gasteiger partial charge in [-0.25, -0.2) is 0 Å². The van der Waals surface area contributed by atoms with E-state index in [0.717, 1.165) is 21.2 Å². The lowest BCUT2D eigenvalue weighted by molar-refractivity contribution is -0.151. The first-order valence-electron chi connectivity index (χ1n) is 18.0. The predicted octanol–water partition coefficient (Wildman–Crippen LogP) is 6.19. The molecule has 4 heterocycles. The molecule has 3 amide bonds. The van der Waals surface area contributed by atoms with Crippen molar-refractivity contribution in [3.63, 3.8) is 0 Å². The molecule has 4 aromatic carbocycles. The van der Waals surface area contributed by atoms with Gasteiger partial charge < -0.3 is 29.2 Å². The van der Waals surface area contributed by atoms with Crippen molar-refractivity contribution in [1.29, 1.82) is 0 Å². The molecule has 1 fully saturated rings. The zero-order valence-corrected chi connectivity index (χ0v) is 32.5. The van der Waals surface area contributed by atoms with Crippen LogP contribution in [0.15, 0.2) is 95.5 Å². The topological polar surface area (TPSA) is 120 Å². The van der Waals surface area contributed by atoms with Gasteiger partial charge in [0.1, 0.15) is 5.75 Å². The number of hydrogen-bond acceptors (Lipinski definition) is 7.